The van der Waals surface area contributed by atoms with E-state index in [2.05, 4.69) is 0 Å². The van der Waals surface area contributed by atoms with E-state index in [-0.39, 0.29) is 12.3 Å². The zero-order valence-electron chi connectivity index (χ0n) is 11.9. The van der Waals surface area contributed by atoms with Gasteiger partial charge in [0.25, 0.3) is 5.56 Å². The minimum Gasteiger partial charge on any atom is -0.463 e. The average Bonchev–Trinajstić information content (AvgIpc) is 2.37. The van der Waals surface area contributed by atoms with Crippen LogP contribution in [0, 0.1) is 6.92 Å². The van der Waals surface area contributed by atoms with E-state index < -0.39 is 35.7 Å². The van der Waals surface area contributed by atoms with Crippen molar-refractivity contribution < 1.29 is 24.5 Å². The number of nitrogens with zero attached hydrogens (tertiary/aromatic N) is 1. The molecule has 0 saturated heterocycles. The van der Waals surface area contributed by atoms with Gasteiger partial charge in [-0.1, -0.05) is 0 Å². The molecule has 0 aliphatic heterocycles. The molecule has 0 aromatic carbocycles. The number of carbonyl (C=O) groups excluding carboxylic acids is 1. The second kappa shape index (κ2) is 7.16. The molecule has 3 unspecified atom stereocenters. The molecule has 3 N–H and O–H groups in total. The van der Waals surface area contributed by atoms with E-state index >= 15 is 0 Å². The molecule has 1 heterocycles. The number of aromatic amines is 1. The van der Waals surface area contributed by atoms with Crippen molar-refractivity contribution in [2.45, 2.75) is 32.3 Å². The molecule has 0 radical (unpaired) electrons. The van der Waals surface area contributed by atoms with Gasteiger partial charge in [-0.15, -0.1) is 0 Å². The van der Waals surface area contributed by atoms with Crippen LogP contribution in [0.5, 0.6) is 0 Å². The lowest BCUT2D eigenvalue weighted by Gasteiger charge is -2.27. The Morgan fingerprint density at radius 1 is 1.43 bits per heavy atom. The molecule has 118 valence electrons. The summed E-state index contributed by atoms with van der Waals surface area (Å²) in [6.45, 7) is 2.33. The largest absolute Gasteiger partial charge is 0.463 e. The van der Waals surface area contributed by atoms with Crippen molar-refractivity contribution in [1.29, 1.82) is 0 Å². The summed E-state index contributed by atoms with van der Waals surface area (Å²) in [6.07, 6.45) is -4.26. The molecule has 1 rings (SSSR count). The Morgan fingerprint density at radius 3 is 2.52 bits per heavy atom. The van der Waals surface area contributed by atoms with Crippen molar-refractivity contribution in [2.24, 2.45) is 0 Å². The van der Waals surface area contributed by atoms with E-state index in [1.165, 1.54) is 21.0 Å². The molecular weight excluding hydrogens is 284 g/mol. The van der Waals surface area contributed by atoms with Crippen LogP contribution in [-0.4, -0.2) is 51.7 Å². The maximum absolute atomic E-state index is 11.7. The summed E-state index contributed by atoms with van der Waals surface area (Å²) in [5.41, 5.74) is -1.31. The van der Waals surface area contributed by atoms with Gasteiger partial charge in [0, 0.05) is 25.8 Å². The second-order valence-corrected chi connectivity index (χ2v) is 4.43. The maximum Gasteiger partial charge on any atom is 0.330 e. The Balaban J connectivity index is 3.01. The first-order valence-electron chi connectivity index (χ1n) is 6.12. The fraction of sp³-hybridized carbons (Fsp3) is 0.583. The smallest absolute Gasteiger partial charge is 0.330 e. The highest BCUT2D eigenvalue weighted by atomic mass is 16.6. The van der Waals surface area contributed by atoms with Crippen LogP contribution in [0.4, 0.5) is 0 Å². The zero-order valence-corrected chi connectivity index (χ0v) is 11.9. The Bertz CT molecular complexity index is 606. The van der Waals surface area contributed by atoms with Crippen LogP contribution >= 0.6 is 0 Å². The van der Waals surface area contributed by atoms with E-state index in [1.54, 1.807) is 0 Å². The Labute approximate surface area is 119 Å². The number of nitrogens with one attached hydrogen (secondary N) is 1. The van der Waals surface area contributed by atoms with Crippen molar-refractivity contribution in [2.75, 3.05) is 13.7 Å². The minimum absolute atomic E-state index is 0.164. The van der Waals surface area contributed by atoms with Crippen molar-refractivity contribution >= 4 is 5.97 Å². The number of rotatable bonds is 6. The quantitative estimate of drug-likeness (QED) is 0.532. The molecule has 0 aliphatic rings. The van der Waals surface area contributed by atoms with Gasteiger partial charge in [0.1, 0.15) is 18.8 Å². The Hall–Kier alpha value is -1.97. The summed E-state index contributed by atoms with van der Waals surface area (Å²) in [4.78, 5) is 35.6. The summed E-state index contributed by atoms with van der Waals surface area (Å²) >= 11 is 0. The first-order valence-corrected chi connectivity index (χ1v) is 6.12. The molecule has 0 bridgehead atoms. The van der Waals surface area contributed by atoms with Crippen molar-refractivity contribution in [1.82, 2.24) is 9.55 Å². The van der Waals surface area contributed by atoms with E-state index in [0.717, 1.165) is 10.6 Å². The number of hydrogen-bond donors (Lipinski definition) is 3. The normalized spacial score (nSPS) is 15.3. The number of aromatic nitrogens is 2. The fourth-order valence-corrected chi connectivity index (χ4v) is 1.80. The van der Waals surface area contributed by atoms with Gasteiger partial charge in [-0.05, 0) is 6.92 Å². The van der Waals surface area contributed by atoms with E-state index in [9.17, 15) is 24.6 Å². The van der Waals surface area contributed by atoms with E-state index in [0.29, 0.717) is 0 Å². The third-order valence-corrected chi connectivity index (χ3v) is 2.87. The van der Waals surface area contributed by atoms with E-state index in [1.807, 2.05) is 4.98 Å². The van der Waals surface area contributed by atoms with Gasteiger partial charge >= 0.3 is 11.7 Å². The monoisotopic (exact) mass is 302 g/mol. The molecule has 0 spiro atoms. The highest BCUT2D eigenvalue weighted by Gasteiger charge is 2.30. The molecule has 3 atom stereocenters. The first kappa shape index (κ1) is 17.1. The van der Waals surface area contributed by atoms with Crippen LogP contribution < -0.4 is 11.2 Å². The third-order valence-electron chi connectivity index (χ3n) is 2.87. The van der Waals surface area contributed by atoms with Gasteiger partial charge in [0.2, 0.25) is 0 Å². The van der Waals surface area contributed by atoms with Gasteiger partial charge < -0.3 is 19.7 Å². The van der Waals surface area contributed by atoms with Gasteiger partial charge in [0.15, 0.2) is 6.23 Å². The topological polar surface area (TPSA) is 131 Å². The number of methoxy groups -OCH3 is 1. The second-order valence-electron chi connectivity index (χ2n) is 4.43. The molecule has 0 fully saturated rings. The van der Waals surface area contributed by atoms with Crippen LogP contribution in [0.1, 0.15) is 18.8 Å². The van der Waals surface area contributed by atoms with E-state index in [4.69, 9.17) is 9.47 Å². The van der Waals surface area contributed by atoms with Crippen LogP contribution in [0.2, 0.25) is 0 Å². The molecule has 0 amide bonds. The average molecular weight is 302 g/mol. The number of aliphatic hydroxyl groups excluding tert-OH is 2. The lowest BCUT2D eigenvalue weighted by molar-refractivity contribution is -0.155. The Kier molecular flexibility index (Phi) is 5.82. The number of aliphatic hydroxyl groups is 2. The summed E-state index contributed by atoms with van der Waals surface area (Å²) in [5.74, 6) is -0.573. The van der Waals surface area contributed by atoms with Crippen LogP contribution in [0.25, 0.3) is 0 Å². The third kappa shape index (κ3) is 4.25. The Morgan fingerprint density at radius 2 is 2.05 bits per heavy atom. The number of aryl methyl sites for hydroxylation is 1. The lowest BCUT2D eigenvalue weighted by Crippen LogP contribution is -2.44. The van der Waals surface area contributed by atoms with Gasteiger partial charge in [-0.2, -0.15) is 0 Å². The number of H-pyrrole nitrogens is 1. The molecular formula is C12H18N2O7. The molecule has 1 aromatic rings. The highest BCUT2D eigenvalue weighted by molar-refractivity contribution is 5.65. The predicted octanol–water partition coefficient (Wildman–Crippen LogP) is -1.73. The number of esters is 1. The van der Waals surface area contributed by atoms with Crippen LogP contribution in [-0.2, 0) is 14.3 Å². The fourth-order valence-electron chi connectivity index (χ4n) is 1.80. The molecule has 0 saturated carbocycles. The number of ether oxygens (including phenoxy) is 2. The summed E-state index contributed by atoms with van der Waals surface area (Å²) in [7, 11) is 1.26. The van der Waals surface area contributed by atoms with Crippen molar-refractivity contribution in [3.8, 4) is 0 Å². The summed E-state index contributed by atoms with van der Waals surface area (Å²) < 4.78 is 10.4. The van der Waals surface area contributed by atoms with Gasteiger partial charge in [-0.25, -0.2) is 4.79 Å². The summed E-state index contributed by atoms with van der Waals surface area (Å²) in [5, 5.41) is 20.1. The van der Waals surface area contributed by atoms with Gasteiger partial charge in [0.05, 0.1) is 0 Å². The number of carbonyl (C=O) groups is 1. The first-order chi connectivity index (χ1) is 9.77. The molecule has 9 nitrogen and oxygen atoms in total. The molecule has 9 heteroatoms. The summed E-state index contributed by atoms with van der Waals surface area (Å²) in [6, 6.07) is 1.10. The number of hydrogen-bond acceptors (Lipinski definition) is 7. The maximum atomic E-state index is 11.7. The molecule has 21 heavy (non-hydrogen) atoms. The minimum atomic E-state index is -1.67. The van der Waals surface area contributed by atoms with Crippen molar-refractivity contribution in [3.05, 3.63) is 32.6 Å². The zero-order chi connectivity index (χ0) is 16.2. The SMILES string of the molecule is COC(COC(C)=O)C(O)C(O)n1c(C)cc(=O)[nH]c1=O. The predicted molar refractivity (Wildman–Crippen MR) is 70.8 cm³/mol. The highest BCUT2D eigenvalue weighted by Crippen LogP contribution is 2.13. The van der Waals surface area contributed by atoms with Crippen LogP contribution in [0.15, 0.2) is 15.7 Å². The van der Waals surface area contributed by atoms with Crippen molar-refractivity contribution in [3.63, 3.8) is 0 Å². The van der Waals surface area contributed by atoms with Crippen LogP contribution in [0.3, 0.4) is 0 Å². The molecule has 0 aliphatic carbocycles. The standard InChI is InChI=1S/C12H18N2O7/c1-6-4-9(16)13-12(19)14(6)11(18)10(17)8(20-3)5-21-7(2)15/h4,8,10-11,17-18H,5H2,1-3H3,(H,13,16,19). The lowest BCUT2D eigenvalue weighted by atomic mass is 10.1. The molecule has 1 aromatic heterocycles. The van der Waals surface area contributed by atoms with Gasteiger partial charge in [-0.3, -0.25) is 19.1 Å².